The van der Waals surface area contributed by atoms with Crippen LogP contribution in [0, 0.1) is 0 Å². The van der Waals surface area contributed by atoms with Crippen molar-refractivity contribution in [1.82, 2.24) is 4.90 Å². The number of benzene rings is 1. The maximum Gasteiger partial charge on any atom is 0.253 e. The molecule has 0 bridgehead atoms. The molecule has 17 heavy (non-hydrogen) atoms. The summed E-state index contributed by atoms with van der Waals surface area (Å²) in [6, 6.07) is 8.98. The summed E-state index contributed by atoms with van der Waals surface area (Å²) < 4.78 is 0. The third-order valence-electron chi connectivity index (χ3n) is 2.73. The van der Waals surface area contributed by atoms with Crippen LogP contribution in [0.25, 0.3) is 0 Å². The number of hydrogen-bond donors (Lipinski definition) is 1. The van der Waals surface area contributed by atoms with Crippen LogP contribution in [0.3, 0.4) is 0 Å². The number of rotatable bonds is 4. The molecule has 0 saturated heterocycles. The Hall–Kier alpha value is -1.94. The minimum absolute atomic E-state index is 0.228. The second-order valence-corrected chi connectivity index (χ2v) is 3.91. The van der Waals surface area contributed by atoms with Crippen molar-refractivity contribution in [3.05, 3.63) is 48.0 Å². The number of hydrogen-bond acceptors (Lipinski definition) is 3. The van der Waals surface area contributed by atoms with Crippen molar-refractivity contribution < 1.29 is 14.7 Å². The van der Waals surface area contributed by atoms with E-state index >= 15 is 0 Å². The molecule has 1 N–H and O–H groups in total. The lowest BCUT2D eigenvalue weighted by Gasteiger charge is -2.24. The number of amides is 2. The van der Waals surface area contributed by atoms with Crippen molar-refractivity contribution in [2.24, 2.45) is 0 Å². The smallest absolute Gasteiger partial charge is 0.253 e. The molecule has 1 aliphatic rings. The lowest BCUT2D eigenvalue weighted by Crippen LogP contribution is -2.43. The van der Waals surface area contributed by atoms with Gasteiger partial charge < -0.3 is 5.11 Å². The number of aliphatic hydroxyl groups is 1. The topological polar surface area (TPSA) is 57.6 Å². The van der Waals surface area contributed by atoms with E-state index in [9.17, 15) is 14.7 Å². The van der Waals surface area contributed by atoms with Gasteiger partial charge in [0.25, 0.3) is 11.8 Å². The summed E-state index contributed by atoms with van der Waals surface area (Å²) >= 11 is 0. The molecular weight excluding hydrogens is 218 g/mol. The van der Waals surface area contributed by atoms with Crippen LogP contribution in [0.5, 0.6) is 0 Å². The molecule has 1 heterocycles. The van der Waals surface area contributed by atoms with E-state index in [-0.39, 0.29) is 18.4 Å². The predicted octanol–water partition coefficient (Wildman–Crippen LogP) is 0.515. The molecule has 1 aromatic carbocycles. The summed E-state index contributed by atoms with van der Waals surface area (Å²) in [4.78, 5) is 24.1. The number of nitrogens with zero attached hydrogens (tertiary/aromatic N) is 1. The zero-order valence-corrected chi connectivity index (χ0v) is 9.24. The molecule has 0 aliphatic carbocycles. The molecule has 88 valence electrons. The number of aliphatic hydroxyl groups excluding tert-OH is 1. The molecule has 1 aliphatic heterocycles. The molecule has 0 radical (unpaired) electrons. The van der Waals surface area contributed by atoms with Crippen LogP contribution in [0.2, 0.25) is 0 Å². The maximum absolute atomic E-state index is 11.5. The van der Waals surface area contributed by atoms with E-state index in [2.05, 4.69) is 0 Å². The second kappa shape index (κ2) is 4.93. The fraction of sp³-hybridized carbons (Fsp3) is 0.231. The van der Waals surface area contributed by atoms with Gasteiger partial charge in [-0.05, 0) is 12.0 Å². The monoisotopic (exact) mass is 231 g/mol. The number of carbonyl (C=O) groups is 2. The first-order chi connectivity index (χ1) is 8.22. The van der Waals surface area contributed by atoms with E-state index in [1.165, 1.54) is 12.2 Å². The van der Waals surface area contributed by atoms with E-state index in [1.807, 2.05) is 30.3 Å². The summed E-state index contributed by atoms with van der Waals surface area (Å²) in [5.74, 6) is -0.713. The molecule has 0 fully saturated rings. The number of imide groups is 1. The van der Waals surface area contributed by atoms with E-state index in [4.69, 9.17) is 0 Å². The molecule has 2 amide bonds. The fourth-order valence-corrected chi connectivity index (χ4v) is 1.90. The summed E-state index contributed by atoms with van der Waals surface area (Å²) in [6.07, 6.45) is 2.93. The predicted molar refractivity (Wildman–Crippen MR) is 62.0 cm³/mol. The van der Waals surface area contributed by atoms with Gasteiger partial charge >= 0.3 is 0 Å². The Labute approximate surface area is 99.2 Å². The van der Waals surface area contributed by atoms with Crippen molar-refractivity contribution in [3.63, 3.8) is 0 Å². The van der Waals surface area contributed by atoms with E-state index < -0.39 is 6.04 Å². The van der Waals surface area contributed by atoms with Gasteiger partial charge in [-0.1, -0.05) is 30.3 Å². The molecule has 4 heteroatoms. The van der Waals surface area contributed by atoms with Gasteiger partial charge in [-0.15, -0.1) is 0 Å². The molecule has 0 saturated carbocycles. The lowest BCUT2D eigenvalue weighted by molar-refractivity contribution is -0.140. The first kappa shape index (κ1) is 11.5. The van der Waals surface area contributed by atoms with Crippen LogP contribution in [0.4, 0.5) is 0 Å². The highest BCUT2D eigenvalue weighted by Crippen LogP contribution is 2.13. The standard InChI is InChI=1S/C13H13NO3/c15-9-11(8-10-4-2-1-3-5-10)14-12(16)6-7-13(14)17/h1-7,11,15H,8-9H2/t11-/m0/s1. The fourth-order valence-electron chi connectivity index (χ4n) is 1.90. The van der Waals surface area contributed by atoms with Crippen LogP contribution < -0.4 is 0 Å². The largest absolute Gasteiger partial charge is 0.394 e. The van der Waals surface area contributed by atoms with Gasteiger partial charge in [-0.3, -0.25) is 14.5 Å². The molecule has 1 aromatic rings. The van der Waals surface area contributed by atoms with E-state index in [0.29, 0.717) is 6.42 Å². The normalized spacial score (nSPS) is 16.6. The van der Waals surface area contributed by atoms with Crippen molar-refractivity contribution in [2.45, 2.75) is 12.5 Å². The summed E-state index contributed by atoms with van der Waals surface area (Å²) in [7, 11) is 0. The van der Waals surface area contributed by atoms with Crippen molar-refractivity contribution in [2.75, 3.05) is 6.61 Å². The molecule has 0 unspecified atom stereocenters. The minimum atomic E-state index is -0.493. The minimum Gasteiger partial charge on any atom is -0.394 e. The summed E-state index contributed by atoms with van der Waals surface area (Å²) in [5.41, 5.74) is 0.985. The van der Waals surface area contributed by atoms with Crippen molar-refractivity contribution in [1.29, 1.82) is 0 Å². The second-order valence-electron chi connectivity index (χ2n) is 3.91. The van der Waals surface area contributed by atoms with Gasteiger partial charge in [0.1, 0.15) is 0 Å². The molecular formula is C13H13NO3. The lowest BCUT2D eigenvalue weighted by atomic mass is 10.1. The first-order valence-electron chi connectivity index (χ1n) is 5.42. The van der Waals surface area contributed by atoms with Gasteiger partial charge in [-0.25, -0.2) is 0 Å². The molecule has 4 nitrogen and oxygen atoms in total. The highest BCUT2D eigenvalue weighted by atomic mass is 16.3. The first-order valence-corrected chi connectivity index (χ1v) is 5.42. The van der Waals surface area contributed by atoms with E-state index in [1.54, 1.807) is 0 Å². The third kappa shape index (κ3) is 2.42. The van der Waals surface area contributed by atoms with Crippen LogP contribution in [0.1, 0.15) is 5.56 Å². The van der Waals surface area contributed by atoms with Gasteiger partial charge in [-0.2, -0.15) is 0 Å². The van der Waals surface area contributed by atoms with Crippen LogP contribution in [0.15, 0.2) is 42.5 Å². The Kier molecular flexibility index (Phi) is 3.35. The maximum atomic E-state index is 11.5. The average Bonchev–Trinajstić information content (AvgIpc) is 2.68. The SMILES string of the molecule is O=C1C=CC(=O)N1[C@H](CO)Cc1ccccc1. The third-order valence-corrected chi connectivity index (χ3v) is 2.73. The Balaban J connectivity index is 2.12. The molecule has 0 aromatic heterocycles. The zero-order chi connectivity index (χ0) is 12.3. The molecule has 2 rings (SSSR count). The van der Waals surface area contributed by atoms with Crippen LogP contribution >= 0.6 is 0 Å². The van der Waals surface area contributed by atoms with Crippen LogP contribution in [-0.2, 0) is 16.0 Å². The van der Waals surface area contributed by atoms with Crippen molar-refractivity contribution >= 4 is 11.8 Å². The summed E-state index contributed by atoms with van der Waals surface area (Å²) in [5, 5.41) is 9.31. The van der Waals surface area contributed by atoms with Crippen molar-refractivity contribution in [3.8, 4) is 0 Å². The van der Waals surface area contributed by atoms with E-state index in [0.717, 1.165) is 10.5 Å². The molecule has 0 spiro atoms. The van der Waals surface area contributed by atoms with Gasteiger partial charge in [0.05, 0.1) is 12.6 Å². The quantitative estimate of drug-likeness (QED) is 0.768. The van der Waals surface area contributed by atoms with Gasteiger partial charge in [0, 0.05) is 12.2 Å². The van der Waals surface area contributed by atoms with Gasteiger partial charge in [0.15, 0.2) is 0 Å². The Morgan fingerprint density at radius 2 is 1.65 bits per heavy atom. The molecule has 1 atom stereocenters. The highest BCUT2D eigenvalue weighted by molar-refractivity contribution is 6.13. The van der Waals surface area contributed by atoms with Gasteiger partial charge in [0.2, 0.25) is 0 Å². The zero-order valence-electron chi connectivity index (χ0n) is 9.24. The van der Waals surface area contributed by atoms with Crippen LogP contribution in [-0.4, -0.2) is 34.5 Å². The Morgan fingerprint density at radius 1 is 1.06 bits per heavy atom. The Morgan fingerprint density at radius 3 is 2.18 bits per heavy atom. The average molecular weight is 231 g/mol. The number of carbonyl (C=O) groups excluding carboxylic acids is 2. The summed E-state index contributed by atoms with van der Waals surface area (Å²) in [6.45, 7) is -0.228. The Bertz CT molecular complexity index is 435. The highest BCUT2D eigenvalue weighted by Gasteiger charge is 2.30.